The molecule has 0 amide bonds. The highest BCUT2D eigenvalue weighted by molar-refractivity contribution is 6.35. The SMILES string of the molecule is CCCCCCCCCCN(C)Cn1c(O)c(-c2cc(Cl)cc(Cl)c2)[nH]c1=O. The highest BCUT2D eigenvalue weighted by Gasteiger charge is 2.16. The highest BCUT2D eigenvalue weighted by Crippen LogP contribution is 2.30. The third kappa shape index (κ3) is 6.87. The van der Waals surface area contributed by atoms with Crippen LogP contribution in [0.2, 0.25) is 10.0 Å². The van der Waals surface area contributed by atoms with Crippen molar-refractivity contribution in [2.45, 2.75) is 65.0 Å². The smallest absolute Gasteiger partial charge is 0.330 e. The molecule has 0 aliphatic carbocycles. The van der Waals surface area contributed by atoms with Gasteiger partial charge < -0.3 is 10.1 Å². The molecule has 5 nitrogen and oxygen atoms in total. The number of aromatic amines is 1. The number of halogens is 2. The number of aromatic hydroxyl groups is 1. The first-order valence-corrected chi connectivity index (χ1v) is 10.8. The lowest BCUT2D eigenvalue weighted by molar-refractivity contribution is 0.243. The molecule has 2 aromatic rings. The second-order valence-corrected chi connectivity index (χ2v) is 8.28. The van der Waals surface area contributed by atoms with Gasteiger partial charge in [-0.3, -0.25) is 4.90 Å². The van der Waals surface area contributed by atoms with Gasteiger partial charge in [0.15, 0.2) is 0 Å². The molecule has 0 atom stereocenters. The second-order valence-electron chi connectivity index (χ2n) is 7.41. The van der Waals surface area contributed by atoms with E-state index in [1.807, 2.05) is 11.9 Å². The number of rotatable bonds is 12. The predicted molar refractivity (Wildman–Crippen MR) is 117 cm³/mol. The first-order valence-electron chi connectivity index (χ1n) is 10.1. The fourth-order valence-electron chi connectivity index (χ4n) is 3.32. The molecular formula is C21H31Cl2N3O2. The highest BCUT2D eigenvalue weighted by atomic mass is 35.5. The molecule has 0 aliphatic heterocycles. The van der Waals surface area contributed by atoms with Crippen LogP contribution in [-0.4, -0.2) is 33.1 Å². The maximum absolute atomic E-state index is 12.3. The van der Waals surface area contributed by atoms with Gasteiger partial charge >= 0.3 is 5.69 Å². The molecule has 0 unspecified atom stereocenters. The van der Waals surface area contributed by atoms with Gasteiger partial charge in [0.2, 0.25) is 5.88 Å². The second kappa shape index (κ2) is 11.5. The number of imidazole rings is 1. The van der Waals surface area contributed by atoms with Crippen LogP contribution in [0.1, 0.15) is 58.3 Å². The molecule has 0 bridgehead atoms. The summed E-state index contributed by atoms with van der Waals surface area (Å²) >= 11 is 12.1. The van der Waals surface area contributed by atoms with Gasteiger partial charge in [0.05, 0.1) is 6.67 Å². The number of aromatic nitrogens is 2. The predicted octanol–water partition coefficient (Wildman–Crippen LogP) is 5.89. The Balaban J connectivity index is 1.87. The zero-order chi connectivity index (χ0) is 20.5. The molecule has 0 spiro atoms. The summed E-state index contributed by atoms with van der Waals surface area (Å²) < 4.78 is 1.33. The van der Waals surface area contributed by atoms with Gasteiger partial charge in [0.25, 0.3) is 0 Å². The number of benzene rings is 1. The van der Waals surface area contributed by atoms with Crippen molar-refractivity contribution < 1.29 is 5.11 Å². The summed E-state index contributed by atoms with van der Waals surface area (Å²) in [5, 5.41) is 11.4. The van der Waals surface area contributed by atoms with Crippen LogP contribution in [0.3, 0.4) is 0 Å². The third-order valence-corrected chi connectivity index (χ3v) is 5.32. The van der Waals surface area contributed by atoms with Crippen LogP contribution >= 0.6 is 23.2 Å². The maximum Gasteiger partial charge on any atom is 0.330 e. The van der Waals surface area contributed by atoms with Crippen molar-refractivity contribution in [3.8, 4) is 17.1 Å². The summed E-state index contributed by atoms with van der Waals surface area (Å²) in [6.45, 7) is 3.44. The summed E-state index contributed by atoms with van der Waals surface area (Å²) in [4.78, 5) is 17.0. The Morgan fingerprint density at radius 3 is 2.18 bits per heavy atom. The molecule has 2 N–H and O–H groups in total. The summed E-state index contributed by atoms with van der Waals surface area (Å²) in [6.07, 6.45) is 10.1. The van der Waals surface area contributed by atoms with E-state index in [1.54, 1.807) is 18.2 Å². The summed E-state index contributed by atoms with van der Waals surface area (Å²) in [6, 6.07) is 4.93. The Kier molecular flexibility index (Phi) is 9.42. The van der Waals surface area contributed by atoms with E-state index >= 15 is 0 Å². The number of unbranched alkanes of at least 4 members (excludes halogenated alkanes) is 7. The van der Waals surface area contributed by atoms with Gasteiger partial charge in [-0.25, -0.2) is 9.36 Å². The first kappa shape index (κ1) is 22.9. The van der Waals surface area contributed by atoms with Gasteiger partial charge in [-0.05, 0) is 38.2 Å². The molecule has 0 radical (unpaired) electrons. The van der Waals surface area contributed by atoms with Crippen molar-refractivity contribution in [3.05, 3.63) is 38.7 Å². The number of hydrogen-bond donors (Lipinski definition) is 2. The van der Waals surface area contributed by atoms with Crippen molar-refractivity contribution >= 4 is 23.2 Å². The van der Waals surface area contributed by atoms with Gasteiger partial charge in [-0.1, -0.05) is 75.1 Å². The van der Waals surface area contributed by atoms with E-state index in [4.69, 9.17) is 23.2 Å². The Morgan fingerprint density at radius 2 is 1.57 bits per heavy atom. The van der Waals surface area contributed by atoms with Crippen LogP contribution in [0.15, 0.2) is 23.0 Å². The molecule has 0 aliphatic rings. The lowest BCUT2D eigenvalue weighted by Gasteiger charge is -2.17. The van der Waals surface area contributed by atoms with E-state index in [2.05, 4.69) is 11.9 Å². The van der Waals surface area contributed by atoms with E-state index in [0.717, 1.165) is 13.0 Å². The lowest BCUT2D eigenvalue weighted by atomic mass is 10.1. The van der Waals surface area contributed by atoms with E-state index in [-0.39, 0.29) is 11.6 Å². The monoisotopic (exact) mass is 427 g/mol. The molecule has 1 aromatic carbocycles. The molecule has 0 fully saturated rings. The van der Waals surface area contributed by atoms with E-state index in [9.17, 15) is 9.90 Å². The average molecular weight is 428 g/mol. The van der Waals surface area contributed by atoms with Crippen molar-refractivity contribution in [2.75, 3.05) is 13.6 Å². The molecule has 28 heavy (non-hydrogen) atoms. The fourth-order valence-corrected chi connectivity index (χ4v) is 3.85. The number of nitrogens with one attached hydrogen (secondary N) is 1. The van der Waals surface area contributed by atoms with Crippen LogP contribution < -0.4 is 5.69 Å². The van der Waals surface area contributed by atoms with Crippen LogP contribution in [0, 0.1) is 0 Å². The Labute approximate surface area is 177 Å². The summed E-state index contributed by atoms with van der Waals surface area (Å²) in [5.41, 5.74) is 0.554. The van der Waals surface area contributed by atoms with Crippen LogP contribution in [-0.2, 0) is 6.67 Å². The van der Waals surface area contributed by atoms with E-state index < -0.39 is 0 Å². The summed E-state index contributed by atoms with van der Waals surface area (Å²) in [5.74, 6) is -0.105. The van der Waals surface area contributed by atoms with E-state index in [1.165, 1.54) is 49.5 Å². The molecule has 1 heterocycles. The van der Waals surface area contributed by atoms with Gasteiger partial charge in [0.1, 0.15) is 5.69 Å². The Hall–Kier alpha value is -1.43. The largest absolute Gasteiger partial charge is 0.493 e. The molecule has 2 rings (SSSR count). The van der Waals surface area contributed by atoms with Crippen molar-refractivity contribution in [1.82, 2.24) is 14.5 Å². The van der Waals surface area contributed by atoms with Crippen LogP contribution in [0.5, 0.6) is 5.88 Å². The van der Waals surface area contributed by atoms with Gasteiger partial charge in [-0.2, -0.15) is 0 Å². The molecular weight excluding hydrogens is 397 g/mol. The number of hydrogen-bond acceptors (Lipinski definition) is 3. The molecule has 156 valence electrons. The van der Waals surface area contributed by atoms with Gasteiger partial charge in [-0.15, -0.1) is 0 Å². The summed E-state index contributed by atoms with van der Waals surface area (Å²) in [7, 11) is 1.95. The Bertz CT molecular complexity index is 781. The van der Waals surface area contributed by atoms with Crippen molar-refractivity contribution in [3.63, 3.8) is 0 Å². The van der Waals surface area contributed by atoms with Gasteiger partial charge in [0, 0.05) is 15.6 Å². The molecule has 1 aromatic heterocycles. The van der Waals surface area contributed by atoms with Crippen LogP contribution in [0.4, 0.5) is 0 Å². The number of H-pyrrole nitrogens is 1. The maximum atomic E-state index is 12.3. The van der Waals surface area contributed by atoms with E-state index in [0.29, 0.717) is 28.0 Å². The minimum atomic E-state index is -0.355. The quantitative estimate of drug-likeness (QED) is 0.415. The third-order valence-electron chi connectivity index (χ3n) is 4.88. The van der Waals surface area contributed by atoms with Crippen molar-refractivity contribution in [2.24, 2.45) is 0 Å². The molecule has 0 saturated carbocycles. The first-order chi connectivity index (χ1) is 13.4. The zero-order valence-corrected chi connectivity index (χ0v) is 18.3. The number of nitrogens with zero attached hydrogens (tertiary/aromatic N) is 2. The average Bonchev–Trinajstić information content (AvgIpc) is 2.91. The normalized spacial score (nSPS) is 11.5. The molecule has 7 heteroatoms. The standard InChI is InChI=1S/C21H31Cl2N3O2/c1-3-4-5-6-7-8-9-10-11-25(2)15-26-20(27)19(24-21(26)28)16-12-17(22)14-18(23)13-16/h12-14,27H,3-11,15H2,1-2H3,(H,24,28). The zero-order valence-electron chi connectivity index (χ0n) is 16.8. The van der Waals surface area contributed by atoms with Crippen LogP contribution in [0.25, 0.3) is 11.3 Å². The topological polar surface area (TPSA) is 61.3 Å². The lowest BCUT2D eigenvalue weighted by Crippen LogP contribution is -2.28. The Morgan fingerprint density at radius 1 is 1.00 bits per heavy atom. The fraction of sp³-hybridized carbons (Fsp3) is 0.571. The van der Waals surface area contributed by atoms with Crippen molar-refractivity contribution in [1.29, 1.82) is 0 Å². The minimum Gasteiger partial charge on any atom is -0.493 e. The molecule has 0 saturated heterocycles. The minimum absolute atomic E-state index is 0.105.